The zero-order valence-electron chi connectivity index (χ0n) is 11.8. The van der Waals surface area contributed by atoms with Crippen LogP contribution in [0.4, 0.5) is 0 Å². The molecule has 2 N–H and O–H groups in total. The molecule has 2 rings (SSSR count). The molecule has 0 aromatic heterocycles. The standard InChI is InChI=1S/C14H22N2O3S/c1-20(17,18)16-7-3-5-13(10-16)11-19-14-6-2-4-12(8-14)9-15/h2,4,6,8,13H,3,5,7,9-11,15H2,1H3. The molecule has 1 saturated heterocycles. The third kappa shape index (κ3) is 4.19. The molecule has 1 aromatic carbocycles. The van der Waals surface area contributed by atoms with E-state index in [1.165, 1.54) is 6.26 Å². The number of hydrogen-bond donors (Lipinski definition) is 1. The van der Waals surface area contributed by atoms with E-state index in [0.29, 0.717) is 26.2 Å². The minimum atomic E-state index is -3.09. The molecular formula is C14H22N2O3S. The van der Waals surface area contributed by atoms with Gasteiger partial charge in [0.2, 0.25) is 10.0 Å². The van der Waals surface area contributed by atoms with Crippen molar-refractivity contribution in [3.05, 3.63) is 29.8 Å². The van der Waals surface area contributed by atoms with Crippen LogP contribution in [0.1, 0.15) is 18.4 Å². The maximum absolute atomic E-state index is 11.6. The zero-order chi connectivity index (χ0) is 14.6. The van der Waals surface area contributed by atoms with Gasteiger partial charge in [-0.1, -0.05) is 12.1 Å². The van der Waals surface area contributed by atoms with Crippen LogP contribution < -0.4 is 10.5 Å². The van der Waals surface area contributed by atoms with Gasteiger partial charge in [0.15, 0.2) is 0 Å². The second-order valence-corrected chi connectivity index (χ2v) is 7.27. The van der Waals surface area contributed by atoms with Crippen molar-refractivity contribution in [1.82, 2.24) is 4.31 Å². The van der Waals surface area contributed by atoms with Crippen molar-refractivity contribution in [3.8, 4) is 5.75 Å². The van der Waals surface area contributed by atoms with Gasteiger partial charge in [-0.3, -0.25) is 0 Å². The molecule has 1 unspecified atom stereocenters. The molecule has 1 heterocycles. The van der Waals surface area contributed by atoms with Crippen LogP contribution in [0.15, 0.2) is 24.3 Å². The molecule has 20 heavy (non-hydrogen) atoms. The van der Waals surface area contributed by atoms with Crippen molar-refractivity contribution in [2.75, 3.05) is 26.0 Å². The number of hydrogen-bond acceptors (Lipinski definition) is 4. The van der Waals surface area contributed by atoms with E-state index in [1.807, 2.05) is 24.3 Å². The van der Waals surface area contributed by atoms with Crippen molar-refractivity contribution in [1.29, 1.82) is 0 Å². The number of nitrogens with zero attached hydrogens (tertiary/aromatic N) is 1. The summed E-state index contributed by atoms with van der Waals surface area (Å²) >= 11 is 0. The Labute approximate surface area is 120 Å². The van der Waals surface area contributed by atoms with Gasteiger partial charge in [0.1, 0.15) is 5.75 Å². The molecule has 0 radical (unpaired) electrons. The molecule has 1 aromatic rings. The van der Waals surface area contributed by atoms with Gasteiger partial charge >= 0.3 is 0 Å². The topological polar surface area (TPSA) is 72.6 Å². The van der Waals surface area contributed by atoms with E-state index in [2.05, 4.69) is 0 Å². The number of rotatable bonds is 5. The summed E-state index contributed by atoms with van der Waals surface area (Å²) in [5, 5.41) is 0. The first-order valence-electron chi connectivity index (χ1n) is 6.86. The Bertz CT molecular complexity index is 545. The van der Waals surface area contributed by atoms with E-state index in [0.717, 1.165) is 24.2 Å². The first kappa shape index (κ1) is 15.3. The van der Waals surface area contributed by atoms with Crippen molar-refractivity contribution in [2.24, 2.45) is 11.7 Å². The molecule has 1 atom stereocenters. The van der Waals surface area contributed by atoms with Crippen LogP contribution in [-0.2, 0) is 16.6 Å². The van der Waals surface area contributed by atoms with Crippen LogP contribution in [0, 0.1) is 5.92 Å². The third-order valence-electron chi connectivity index (χ3n) is 3.57. The Morgan fingerprint density at radius 2 is 2.25 bits per heavy atom. The Morgan fingerprint density at radius 3 is 2.95 bits per heavy atom. The minimum absolute atomic E-state index is 0.250. The number of sulfonamides is 1. The molecule has 0 bridgehead atoms. The average Bonchev–Trinajstić information content (AvgIpc) is 2.45. The number of piperidine rings is 1. The monoisotopic (exact) mass is 298 g/mol. The highest BCUT2D eigenvalue weighted by Crippen LogP contribution is 2.21. The second kappa shape index (κ2) is 6.56. The first-order valence-corrected chi connectivity index (χ1v) is 8.71. The van der Waals surface area contributed by atoms with Gasteiger partial charge in [-0.15, -0.1) is 0 Å². The Balaban J connectivity index is 1.90. The second-order valence-electron chi connectivity index (χ2n) is 5.29. The van der Waals surface area contributed by atoms with Crippen LogP contribution in [0.3, 0.4) is 0 Å². The molecule has 0 spiro atoms. The minimum Gasteiger partial charge on any atom is -0.493 e. The van der Waals surface area contributed by atoms with Crippen LogP contribution in [0.5, 0.6) is 5.75 Å². The molecule has 6 heteroatoms. The molecule has 0 aliphatic carbocycles. The maximum Gasteiger partial charge on any atom is 0.211 e. The van der Waals surface area contributed by atoms with E-state index in [9.17, 15) is 8.42 Å². The maximum atomic E-state index is 11.6. The summed E-state index contributed by atoms with van der Waals surface area (Å²) in [4.78, 5) is 0. The van der Waals surface area contributed by atoms with Gasteiger partial charge in [-0.2, -0.15) is 0 Å². The SMILES string of the molecule is CS(=O)(=O)N1CCCC(COc2cccc(CN)c2)C1. The molecule has 0 saturated carbocycles. The quantitative estimate of drug-likeness (QED) is 0.886. The van der Waals surface area contributed by atoms with Crippen LogP contribution in [0.25, 0.3) is 0 Å². The predicted octanol–water partition coefficient (Wildman–Crippen LogP) is 1.20. The lowest BCUT2D eigenvalue weighted by atomic mass is 10.0. The van der Waals surface area contributed by atoms with Crippen LogP contribution in [-0.4, -0.2) is 38.7 Å². The highest BCUT2D eigenvalue weighted by molar-refractivity contribution is 7.88. The van der Waals surface area contributed by atoms with Gasteiger partial charge < -0.3 is 10.5 Å². The van der Waals surface area contributed by atoms with Crippen molar-refractivity contribution in [2.45, 2.75) is 19.4 Å². The Kier molecular flexibility index (Phi) is 5.01. The van der Waals surface area contributed by atoms with Gasteiger partial charge in [0.25, 0.3) is 0 Å². The lowest BCUT2D eigenvalue weighted by molar-refractivity contribution is 0.180. The normalized spacial score (nSPS) is 20.8. The fourth-order valence-corrected chi connectivity index (χ4v) is 3.38. The molecule has 1 fully saturated rings. The fraction of sp³-hybridized carbons (Fsp3) is 0.571. The van der Waals surface area contributed by atoms with Gasteiger partial charge in [0.05, 0.1) is 12.9 Å². The van der Waals surface area contributed by atoms with Crippen molar-refractivity contribution < 1.29 is 13.2 Å². The number of ether oxygens (including phenoxy) is 1. The summed E-state index contributed by atoms with van der Waals surface area (Å²) in [5.41, 5.74) is 6.63. The molecule has 112 valence electrons. The average molecular weight is 298 g/mol. The molecule has 5 nitrogen and oxygen atoms in total. The van der Waals surface area contributed by atoms with Crippen LogP contribution >= 0.6 is 0 Å². The van der Waals surface area contributed by atoms with E-state index in [-0.39, 0.29) is 5.92 Å². The Morgan fingerprint density at radius 1 is 1.45 bits per heavy atom. The fourth-order valence-electron chi connectivity index (χ4n) is 2.44. The third-order valence-corrected chi connectivity index (χ3v) is 4.84. The van der Waals surface area contributed by atoms with Gasteiger partial charge in [-0.25, -0.2) is 12.7 Å². The number of nitrogens with two attached hydrogens (primary N) is 1. The van der Waals surface area contributed by atoms with E-state index in [4.69, 9.17) is 10.5 Å². The first-order chi connectivity index (χ1) is 9.49. The summed E-state index contributed by atoms with van der Waals surface area (Å²) in [7, 11) is -3.09. The van der Waals surface area contributed by atoms with Crippen LogP contribution in [0.2, 0.25) is 0 Å². The van der Waals surface area contributed by atoms with E-state index in [1.54, 1.807) is 4.31 Å². The Hall–Kier alpha value is -1.11. The largest absolute Gasteiger partial charge is 0.493 e. The summed E-state index contributed by atoms with van der Waals surface area (Å²) in [6.07, 6.45) is 3.16. The molecule has 0 amide bonds. The summed E-state index contributed by atoms with van der Waals surface area (Å²) in [6, 6.07) is 7.70. The lowest BCUT2D eigenvalue weighted by Crippen LogP contribution is -2.40. The number of benzene rings is 1. The smallest absolute Gasteiger partial charge is 0.211 e. The van der Waals surface area contributed by atoms with E-state index < -0.39 is 10.0 Å². The highest BCUT2D eigenvalue weighted by atomic mass is 32.2. The highest BCUT2D eigenvalue weighted by Gasteiger charge is 2.26. The molecule has 1 aliphatic rings. The van der Waals surface area contributed by atoms with Gasteiger partial charge in [-0.05, 0) is 30.5 Å². The van der Waals surface area contributed by atoms with Gasteiger partial charge in [0, 0.05) is 25.6 Å². The molecule has 1 aliphatic heterocycles. The van der Waals surface area contributed by atoms with E-state index >= 15 is 0 Å². The predicted molar refractivity (Wildman–Crippen MR) is 79.0 cm³/mol. The van der Waals surface area contributed by atoms with Crippen molar-refractivity contribution >= 4 is 10.0 Å². The summed E-state index contributed by atoms with van der Waals surface area (Å²) in [6.45, 7) is 2.20. The summed E-state index contributed by atoms with van der Waals surface area (Å²) in [5.74, 6) is 1.05. The summed E-state index contributed by atoms with van der Waals surface area (Å²) < 4.78 is 30.4. The zero-order valence-corrected chi connectivity index (χ0v) is 12.6. The molecular weight excluding hydrogens is 276 g/mol. The van der Waals surface area contributed by atoms with Crippen molar-refractivity contribution in [3.63, 3.8) is 0 Å². The lowest BCUT2D eigenvalue weighted by Gasteiger charge is -2.30.